The van der Waals surface area contributed by atoms with Crippen LogP contribution in [0.5, 0.6) is 0 Å². The molecule has 6 nitrogen and oxygen atoms in total. The van der Waals surface area contributed by atoms with E-state index in [-0.39, 0.29) is 5.91 Å². The van der Waals surface area contributed by atoms with Crippen LogP contribution in [0.1, 0.15) is 6.92 Å². The maximum Gasteiger partial charge on any atom is 0.254 e. The monoisotopic (exact) mass is 219 g/mol. The summed E-state index contributed by atoms with van der Waals surface area (Å²) in [6.07, 6.45) is -4.46. The molecule has 3 N–H and O–H groups in total. The molecule has 0 unspecified atom stereocenters. The molecule has 15 heavy (non-hydrogen) atoms. The van der Waals surface area contributed by atoms with Crippen LogP contribution in [-0.2, 0) is 9.53 Å². The smallest absolute Gasteiger partial charge is 0.254 e. The second-order valence-electron chi connectivity index (χ2n) is 3.61. The van der Waals surface area contributed by atoms with Gasteiger partial charge >= 0.3 is 0 Å². The molecule has 0 radical (unpaired) electrons. The molecule has 0 aliphatic carbocycles. The van der Waals surface area contributed by atoms with Crippen LogP contribution in [0.2, 0.25) is 0 Å². The Morgan fingerprint density at radius 3 is 2.40 bits per heavy atom. The van der Waals surface area contributed by atoms with Gasteiger partial charge in [-0.3, -0.25) is 4.79 Å². The maximum absolute atomic E-state index is 11.6. The van der Waals surface area contributed by atoms with E-state index in [9.17, 15) is 15.0 Å². The molecule has 88 valence electrons. The van der Waals surface area contributed by atoms with Crippen LogP contribution >= 0.6 is 0 Å². The fraction of sp³-hybridized carbons (Fsp3) is 0.889. The normalized spacial score (nSPS) is 35.5. The van der Waals surface area contributed by atoms with Crippen molar-refractivity contribution in [2.45, 2.75) is 31.3 Å². The minimum atomic E-state index is -1.27. The summed E-state index contributed by atoms with van der Waals surface area (Å²) in [7, 11) is 1.58. The second kappa shape index (κ2) is 4.89. The Morgan fingerprint density at radius 2 is 2.00 bits per heavy atom. The zero-order valence-electron chi connectivity index (χ0n) is 8.83. The number of carbonyl (C=O) groups is 1. The summed E-state index contributed by atoms with van der Waals surface area (Å²) in [5, 5.41) is 27.8. The number of nitrogens with zero attached hydrogens (tertiary/aromatic N) is 1. The minimum absolute atomic E-state index is 0.389. The summed E-state index contributed by atoms with van der Waals surface area (Å²) in [6, 6.07) is 0. The van der Waals surface area contributed by atoms with Crippen molar-refractivity contribution in [1.29, 1.82) is 0 Å². The number of rotatable bonds is 3. The van der Waals surface area contributed by atoms with Crippen molar-refractivity contribution in [2.75, 3.05) is 20.2 Å². The molecule has 1 aliphatic heterocycles. The van der Waals surface area contributed by atoms with Gasteiger partial charge in [-0.2, -0.15) is 0 Å². The molecular formula is C9H17NO5. The van der Waals surface area contributed by atoms with Gasteiger partial charge in [0.2, 0.25) is 0 Å². The molecule has 1 amide bonds. The third-order valence-corrected chi connectivity index (χ3v) is 2.64. The number of carbonyl (C=O) groups excluding carboxylic acids is 1. The number of aliphatic hydroxyl groups is 3. The van der Waals surface area contributed by atoms with E-state index in [4.69, 9.17) is 9.84 Å². The number of amides is 1. The SMILES string of the molecule is CCN(C)C(=O)[C@@H]1O[C@H](CO)[C@@H](O)[C@@H]1O. The van der Waals surface area contributed by atoms with Gasteiger partial charge in [-0.15, -0.1) is 0 Å². The number of aliphatic hydroxyl groups excluding tert-OH is 3. The highest BCUT2D eigenvalue weighted by Gasteiger charge is 2.46. The second-order valence-corrected chi connectivity index (χ2v) is 3.61. The zero-order chi connectivity index (χ0) is 11.6. The van der Waals surface area contributed by atoms with Crippen molar-refractivity contribution >= 4 is 5.91 Å². The van der Waals surface area contributed by atoms with E-state index < -0.39 is 31.0 Å². The summed E-state index contributed by atoms with van der Waals surface area (Å²) in [4.78, 5) is 13.0. The molecule has 0 aromatic rings. The van der Waals surface area contributed by atoms with Crippen LogP contribution in [0, 0.1) is 0 Å². The first-order valence-electron chi connectivity index (χ1n) is 4.90. The van der Waals surface area contributed by atoms with Crippen LogP contribution in [-0.4, -0.2) is 70.7 Å². The lowest BCUT2D eigenvalue weighted by molar-refractivity contribution is -0.145. The van der Waals surface area contributed by atoms with Crippen molar-refractivity contribution < 1.29 is 24.9 Å². The molecule has 0 aromatic heterocycles. The number of hydrogen-bond acceptors (Lipinski definition) is 5. The molecule has 1 heterocycles. The molecule has 1 fully saturated rings. The lowest BCUT2D eigenvalue weighted by Crippen LogP contribution is -2.43. The first kappa shape index (κ1) is 12.4. The average Bonchev–Trinajstić information content (AvgIpc) is 2.54. The predicted octanol–water partition coefficient (Wildman–Crippen LogP) is -2.05. The van der Waals surface area contributed by atoms with Gasteiger partial charge in [-0.05, 0) is 6.92 Å². The standard InChI is InChI=1S/C9H17NO5/c1-3-10(2)9(14)8-7(13)6(12)5(4-11)15-8/h5-8,11-13H,3-4H2,1-2H3/t5-,6-,7+,8-/m1/s1. The molecule has 0 aromatic carbocycles. The predicted molar refractivity (Wildman–Crippen MR) is 51.1 cm³/mol. The Kier molecular flexibility index (Phi) is 4.04. The van der Waals surface area contributed by atoms with E-state index >= 15 is 0 Å². The molecule has 6 heteroatoms. The summed E-state index contributed by atoms with van der Waals surface area (Å²) < 4.78 is 5.08. The van der Waals surface area contributed by atoms with Gasteiger partial charge in [0.25, 0.3) is 5.91 Å². The highest BCUT2D eigenvalue weighted by atomic mass is 16.6. The summed E-state index contributed by atoms with van der Waals surface area (Å²) in [6.45, 7) is 1.86. The lowest BCUT2D eigenvalue weighted by Gasteiger charge is -2.20. The molecular weight excluding hydrogens is 202 g/mol. The van der Waals surface area contributed by atoms with E-state index in [1.54, 1.807) is 14.0 Å². The van der Waals surface area contributed by atoms with Crippen molar-refractivity contribution in [3.05, 3.63) is 0 Å². The first-order valence-corrected chi connectivity index (χ1v) is 4.90. The van der Waals surface area contributed by atoms with E-state index in [1.165, 1.54) is 4.90 Å². The van der Waals surface area contributed by atoms with E-state index in [0.717, 1.165) is 0 Å². The molecule has 1 saturated heterocycles. The third-order valence-electron chi connectivity index (χ3n) is 2.64. The van der Waals surface area contributed by atoms with Crippen molar-refractivity contribution in [3.63, 3.8) is 0 Å². The number of ether oxygens (including phenoxy) is 1. The number of likely N-dealkylation sites (N-methyl/N-ethyl adjacent to an activating group) is 1. The van der Waals surface area contributed by atoms with Crippen LogP contribution in [0.25, 0.3) is 0 Å². The molecule has 0 bridgehead atoms. The Balaban J connectivity index is 2.68. The molecule has 0 saturated carbocycles. The van der Waals surface area contributed by atoms with Crippen LogP contribution in [0.3, 0.4) is 0 Å². The number of hydrogen-bond donors (Lipinski definition) is 3. The molecule has 1 rings (SSSR count). The van der Waals surface area contributed by atoms with Gasteiger partial charge in [0.1, 0.15) is 18.3 Å². The highest BCUT2D eigenvalue weighted by molar-refractivity contribution is 5.81. The minimum Gasteiger partial charge on any atom is -0.394 e. The largest absolute Gasteiger partial charge is 0.394 e. The Bertz CT molecular complexity index is 235. The fourth-order valence-electron chi connectivity index (χ4n) is 1.48. The van der Waals surface area contributed by atoms with Crippen molar-refractivity contribution in [3.8, 4) is 0 Å². The summed E-state index contributed by atoms with van der Waals surface area (Å²) in [5.74, 6) is -0.389. The zero-order valence-corrected chi connectivity index (χ0v) is 8.83. The summed E-state index contributed by atoms with van der Waals surface area (Å²) >= 11 is 0. The average molecular weight is 219 g/mol. The van der Waals surface area contributed by atoms with Crippen LogP contribution in [0.15, 0.2) is 0 Å². The Hall–Kier alpha value is -0.690. The quantitative estimate of drug-likeness (QED) is 0.508. The first-order chi connectivity index (χ1) is 7.02. The lowest BCUT2D eigenvalue weighted by atomic mass is 10.1. The molecule has 1 aliphatic rings. The van der Waals surface area contributed by atoms with Crippen molar-refractivity contribution in [1.82, 2.24) is 4.90 Å². The fourth-order valence-corrected chi connectivity index (χ4v) is 1.48. The van der Waals surface area contributed by atoms with Gasteiger partial charge in [-0.25, -0.2) is 0 Å². The van der Waals surface area contributed by atoms with Crippen LogP contribution in [0.4, 0.5) is 0 Å². The van der Waals surface area contributed by atoms with Gasteiger partial charge in [0, 0.05) is 13.6 Å². The molecule has 0 spiro atoms. The van der Waals surface area contributed by atoms with Gasteiger partial charge < -0.3 is 25.0 Å². The van der Waals surface area contributed by atoms with E-state index in [0.29, 0.717) is 6.54 Å². The van der Waals surface area contributed by atoms with Crippen molar-refractivity contribution in [2.24, 2.45) is 0 Å². The maximum atomic E-state index is 11.6. The van der Waals surface area contributed by atoms with E-state index in [2.05, 4.69) is 0 Å². The summed E-state index contributed by atoms with van der Waals surface area (Å²) in [5.41, 5.74) is 0. The van der Waals surface area contributed by atoms with Crippen LogP contribution < -0.4 is 0 Å². The van der Waals surface area contributed by atoms with E-state index in [1.807, 2.05) is 0 Å². The van der Waals surface area contributed by atoms with Gasteiger partial charge in [0.05, 0.1) is 6.61 Å². The highest BCUT2D eigenvalue weighted by Crippen LogP contribution is 2.22. The Labute approximate surface area is 88.1 Å². The van der Waals surface area contributed by atoms with Gasteiger partial charge in [-0.1, -0.05) is 0 Å². The topological polar surface area (TPSA) is 90.2 Å². The third kappa shape index (κ3) is 2.28. The van der Waals surface area contributed by atoms with Gasteiger partial charge in [0.15, 0.2) is 6.10 Å². The Morgan fingerprint density at radius 1 is 1.40 bits per heavy atom. The molecule has 4 atom stereocenters.